The monoisotopic (exact) mass is 306 g/mol. The molecule has 122 valence electrons. The molecule has 1 unspecified atom stereocenters. The number of carbonyl (C=O) groups excluding carboxylic acids is 1. The summed E-state index contributed by atoms with van der Waals surface area (Å²) in [5.74, 6) is 1.15. The standard InChI is InChI=1S/C16H26N4O2/c1-16(2,3)22-15(21)20-14-7-6-13(11-19-14)18-10-12-5-4-8-17-9-12/h6-7,11-12,17-18H,4-5,8-10H2,1-3H3,(H,19,20,21). The van der Waals surface area contributed by atoms with E-state index in [4.69, 9.17) is 4.74 Å². The Kier molecular flexibility index (Phi) is 5.60. The molecular formula is C16H26N4O2. The maximum atomic E-state index is 11.6. The Balaban J connectivity index is 1.78. The quantitative estimate of drug-likeness (QED) is 0.797. The molecule has 6 heteroatoms. The van der Waals surface area contributed by atoms with Gasteiger partial charge in [-0.2, -0.15) is 0 Å². The number of aromatic nitrogens is 1. The van der Waals surface area contributed by atoms with Crippen LogP contribution >= 0.6 is 0 Å². The SMILES string of the molecule is CC(C)(C)OC(=O)Nc1ccc(NCC2CCCNC2)cn1. The van der Waals surface area contributed by atoms with Crippen LogP contribution in [0.3, 0.4) is 0 Å². The van der Waals surface area contributed by atoms with E-state index in [0.717, 1.165) is 25.3 Å². The second-order valence-corrected chi connectivity index (χ2v) is 6.65. The summed E-state index contributed by atoms with van der Waals surface area (Å²) in [4.78, 5) is 15.9. The van der Waals surface area contributed by atoms with E-state index in [9.17, 15) is 4.79 Å². The molecule has 0 aromatic carbocycles. The Hall–Kier alpha value is -1.82. The van der Waals surface area contributed by atoms with Crippen LogP contribution < -0.4 is 16.0 Å². The van der Waals surface area contributed by atoms with Gasteiger partial charge in [-0.15, -0.1) is 0 Å². The number of piperidine rings is 1. The molecule has 0 spiro atoms. The van der Waals surface area contributed by atoms with E-state index in [-0.39, 0.29) is 0 Å². The molecule has 3 N–H and O–H groups in total. The van der Waals surface area contributed by atoms with Crippen LogP contribution in [0.2, 0.25) is 0 Å². The van der Waals surface area contributed by atoms with Crippen molar-refractivity contribution in [1.29, 1.82) is 0 Å². The summed E-state index contributed by atoms with van der Waals surface area (Å²) in [6.45, 7) is 8.61. The molecule has 1 saturated heterocycles. The van der Waals surface area contributed by atoms with Crippen LogP contribution in [-0.4, -0.2) is 36.3 Å². The Bertz CT molecular complexity index is 476. The average molecular weight is 306 g/mol. The molecule has 0 aliphatic carbocycles. The number of pyridine rings is 1. The van der Waals surface area contributed by atoms with Crippen LogP contribution in [0.25, 0.3) is 0 Å². The summed E-state index contributed by atoms with van der Waals surface area (Å²) < 4.78 is 5.19. The van der Waals surface area contributed by atoms with Gasteiger partial charge in [0.05, 0.1) is 11.9 Å². The maximum absolute atomic E-state index is 11.6. The normalized spacial score (nSPS) is 18.6. The molecule has 1 aliphatic heterocycles. The van der Waals surface area contributed by atoms with Gasteiger partial charge in [0.1, 0.15) is 11.4 Å². The minimum absolute atomic E-state index is 0.485. The number of amides is 1. The van der Waals surface area contributed by atoms with E-state index in [1.807, 2.05) is 26.8 Å². The van der Waals surface area contributed by atoms with Gasteiger partial charge in [0, 0.05) is 6.54 Å². The summed E-state index contributed by atoms with van der Waals surface area (Å²) in [5.41, 5.74) is 0.444. The van der Waals surface area contributed by atoms with Gasteiger partial charge in [0.25, 0.3) is 0 Å². The Labute approximate surface area is 132 Å². The highest BCUT2D eigenvalue weighted by molar-refractivity contribution is 5.83. The molecule has 0 saturated carbocycles. The number of ether oxygens (including phenoxy) is 1. The van der Waals surface area contributed by atoms with Gasteiger partial charge in [-0.1, -0.05) is 0 Å². The van der Waals surface area contributed by atoms with Crippen molar-refractivity contribution < 1.29 is 9.53 Å². The Morgan fingerprint density at radius 1 is 1.45 bits per heavy atom. The van der Waals surface area contributed by atoms with Crippen LogP contribution in [0.15, 0.2) is 18.3 Å². The van der Waals surface area contributed by atoms with Crippen LogP contribution in [-0.2, 0) is 4.74 Å². The average Bonchev–Trinajstić information content (AvgIpc) is 2.45. The predicted molar refractivity (Wildman–Crippen MR) is 88.2 cm³/mol. The molecule has 1 atom stereocenters. The summed E-state index contributed by atoms with van der Waals surface area (Å²) in [6.07, 6.45) is 3.73. The number of nitrogens with zero attached hydrogens (tertiary/aromatic N) is 1. The zero-order chi connectivity index (χ0) is 16.0. The van der Waals surface area contributed by atoms with Crippen LogP contribution in [0.4, 0.5) is 16.3 Å². The lowest BCUT2D eigenvalue weighted by Gasteiger charge is -2.23. The van der Waals surface area contributed by atoms with E-state index >= 15 is 0 Å². The second-order valence-electron chi connectivity index (χ2n) is 6.65. The van der Waals surface area contributed by atoms with E-state index in [1.165, 1.54) is 12.8 Å². The number of rotatable bonds is 4. The molecule has 6 nitrogen and oxygen atoms in total. The number of anilines is 2. The topological polar surface area (TPSA) is 75.3 Å². The maximum Gasteiger partial charge on any atom is 0.413 e. The first kappa shape index (κ1) is 16.5. The smallest absolute Gasteiger partial charge is 0.413 e. The lowest BCUT2D eigenvalue weighted by molar-refractivity contribution is 0.0635. The third-order valence-corrected chi connectivity index (χ3v) is 3.39. The van der Waals surface area contributed by atoms with E-state index in [1.54, 1.807) is 12.3 Å². The van der Waals surface area contributed by atoms with Gasteiger partial charge >= 0.3 is 6.09 Å². The first-order chi connectivity index (χ1) is 10.4. The molecule has 1 aliphatic rings. The highest BCUT2D eigenvalue weighted by Gasteiger charge is 2.16. The summed E-state index contributed by atoms with van der Waals surface area (Å²) in [6, 6.07) is 3.68. The molecule has 1 aromatic heterocycles. The lowest BCUT2D eigenvalue weighted by atomic mass is 10.00. The number of hydrogen-bond donors (Lipinski definition) is 3. The molecule has 1 aromatic rings. The fraction of sp³-hybridized carbons (Fsp3) is 0.625. The highest BCUT2D eigenvalue weighted by Crippen LogP contribution is 2.15. The van der Waals surface area contributed by atoms with Crippen molar-refractivity contribution in [2.45, 2.75) is 39.2 Å². The minimum Gasteiger partial charge on any atom is -0.444 e. The van der Waals surface area contributed by atoms with Crippen molar-refractivity contribution in [3.63, 3.8) is 0 Å². The van der Waals surface area contributed by atoms with Crippen molar-refractivity contribution in [2.75, 3.05) is 30.3 Å². The molecule has 2 heterocycles. The minimum atomic E-state index is -0.514. The predicted octanol–water partition coefficient (Wildman–Crippen LogP) is 2.84. The molecule has 1 amide bonds. The first-order valence-corrected chi connectivity index (χ1v) is 7.83. The van der Waals surface area contributed by atoms with Gasteiger partial charge in [0.15, 0.2) is 0 Å². The molecule has 22 heavy (non-hydrogen) atoms. The van der Waals surface area contributed by atoms with Gasteiger partial charge in [-0.25, -0.2) is 9.78 Å². The van der Waals surface area contributed by atoms with Crippen LogP contribution in [0.1, 0.15) is 33.6 Å². The zero-order valence-electron chi connectivity index (χ0n) is 13.6. The Morgan fingerprint density at radius 2 is 2.27 bits per heavy atom. The third-order valence-electron chi connectivity index (χ3n) is 3.39. The fourth-order valence-corrected chi connectivity index (χ4v) is 2.34. The van der Waals surface area contributed by atoms with Gasteiger partial charge in [-0.05, 0) is 64.8 Å². The van der Waals surface area contributed by atoms with Crippen molar-refractivity contribution in [3.8, 4) is 0 Å². The molecule has 0 radical (unpaired) electrons. The molecule has 1 fully saturated rings. The largest absolute Gasteiger partial charge is 0.444 e. The van der Waals surface area contributed by atoms with Crippen LogP contribution in [0, 0.1) is 5.92 Å². The van der Waals surface area contributed by atoms with E-state index in [0.29, 0.717) is 11.7 Å². The zero-order valence-corrected chi connectivity index (χ0v) is 13.6. The van der Waals surface area contributed by atoms with Gasteiger partial charge < -0.3 is 15.4 Å². The number of hydrogen-bond acceptors (Lipinski definition) is 5. The van der Waals surface area contributed by atoms with E-state index in [2.05, 4.69) is 20.9 Å². The van der Waals surface area contributed by atoms with Gasteiger partial charge in [-0.3, -0.25) is 5.32 Å². The van der Waals surface area contributed by atoms with Gasteiger partial charge in [0.2, 0.25) is 0 Å². The second kappa shape index (κ2) is 7.45. The van der Waals surface area contributed by atoms with Crippen molar-refractivity contribution >= 4 is 17.6 Å². The van der Waals surface area contributed by atoms with E-state index < -0.39 is 11.7 Å². The van der Waals surface area contributed by atoms with Crippen molar-refractivity contribution in [2.24, 2.45) is 5.92 Å². The first-order valence-electron chi connectivity index (χ1n) is 7.83. The molecule has 0 bridgehead atoms. The molecular weight excluding hydrogens is 280 g/mol. The highest BCUT2D eigenvalue weighted by atomic mass is 16.6. The van der Waals surface area contributed by atoms with Crippen molar-refractivity contribution in [3.05, 3.63) is 18.3 Å². The van der Waals surface area contributed by atoms with Crippen molar-refractivity contribution in [1.82, 2.24) is 10.3 Å². The van der Waals surface area contributed by atoms with Crippen LogP contribution in [0.5, 0.6) is 0 Å². The Morgan fingerprint density at radius 3 is 2.86 bits per heavy atom. The fourth-order valence-electron chi connectivity index (χ4n) is 2.34. The summed E-state index contributed by atoms with van der Waals surface area (Å²) in [7, 11) is 0. The summed E-state index contributed by atoms with van der Waals surface area (Å²) in [5, 5.41) is 9.41. The lowest BCUT2D eigenvalue weighted by Crippen LogP contribution is -2.33. The molecule has 2 rings (SSSR count). The third kappa shape index (κ3) is 5.89. The number of nitrogens with one attached hydrogen (secondary N) is 3. The summed E-state index contributed by atoms with van der Waals surface area (Å²) >= 11 is 0. The number of carbonyl (C=O) groups is 1.